The highest BCUT2D eigenvalue weighted by Gasteiger charge is 2.31. The van der Waals surface area contributed by atoms with E-state index in [-0.39, 0.29) is 12.7 Å². The van der Waals surface area contributed by atoms with Gasteiger partial charge in [-0.1, -0.05) is 65.9 Å². The number of amides is 3. The van der Waals surface area contributed by atoms with Gasteiger partial charge < -0.3 is 9.88 Å². The van der Waals surface area contributed by atoms with Crippen molar-refractivity contribution in [2.75, 3.05) is 6.54 Å². The van der Waals surface area contributed by atoms with E-state index in [4.69, 9.17) is 0 Å². The Morgan fingerprint density at radius 1 is 1.00 bits per heavy atom. The van der Waals surface area contributed by atoms with Crippen molar-refractivity contribution in [2.45, 2.75) is 12.2 Å². The Morgan fingerprint density at radius 2 is 1.61 bits per heavy atom. The molecule has 0 spiro atoms. The average molecular weight is 395 g/mol. The van der Waals surface area contributed by atoms with E-state index in [9.17, 15) is 14.2 Å². The summed E-state index contributed by atoms with van der Waals surface area (Å²) in [6, 6.07) is 17.4. The summed E-state index contributed by atoms with van der Waals surface area (Å²) in [5.41, 5.74) is 0.515. The van der Waals surface area contributed by atoms with Gasteiger partial charge in [0.2, 0.25) is 0 Å². The van der Waals surface area contributed by atoms with Crippen LogP contribution in [0.4, 0.5) is 4.79 Å². The first-order valence-corrected chi connectivity index (χ1v) is 10.7. The molecule has 9 heteroatoms. The molecule has 3 amide bonds. The van der Waals surface area contributed by atoms with E-state index < -0.39 is 25.1 Å². The number of carbonyl (C=O) groups excluding carboxylic acids is 2. The molecule has 1 saturated heterocycles. The van der Waals surface area contributed by atoms with Crippen molar-refractivity contribution in [1.82, 2.24) is 25.6 Å². The molecule has 142 valence electrons. The third-order valence-electron chi connectivity index (χ3n) is 4.60. The maximum atomic E-state index is 14.1. The predicted molar refractivity (Wildman–Crippen MR) is 104 cm³/mol. The van der Waals surface area contributed by atoms with Crippen LogP contribution in [-0.2, 0) is 15.5 Å². The Bertz CT molecular complexity index is 1010. The zero-order valence-electron chi connectivity index (χ0n) is 14.9. The number of carbonyl (C=O) groups is 2. The Hall–Kier alpha value is -3.25. The van der Waals surface area contributed by atoms with Gasteiger partial charge in [0.05, 0.1) is 18.4 Å². The molecule has 4 rings (SSSR count). The fourth-order valence-electron chi connectivity index (χ4n) is 3.17. The van der Waals surface area contributed by atoms with E-state index >= 15 is 0 Å². The Labute approximate surface area is 161 Å². The molecule has 2 aromatic carbocycles. The minimum Gasteiger partial charge on any atom is -0.335 e. The minimum atomic E-state index is -2.98. The molecule has 2 heterocycles. The molecule has 1 aliphatic rings. The van der Waals surface area contributed by atoms with Gasteiger partial charge in [0.25, 0.3) is 5.91 Å². The fourth-order valence-corrected chi connectivity index (χ4v) is 5.74. The number of nitrogens with zero attached hydrogens (tertiary/aromatic N) is 3. The largest absolute Gasteiger partial charge is 0.335 e. The van der Waals surface area contributed by atoms with Gasteiger partial charge in [-0.25, -0.2) is 9.48 Å². The molecule has 1 fully saturated rings. The summed E-state index contributed by atoms with van der Waals surface area (Å²) in [6.07, 6.45) is 1.79. The van der Waals surface area contributed by atoms with Crippen LogP contribution in [0, 0.1) is 0 Å². The summed E-state index contributed by atoms with van der Waals surface area (Å²) >= 11 is 0. The van der Waals surface area contributed by atoms with E-state index in [1.54, 1.807) is 6.20 Å². The van der Waals surface area contributed by atoms with Gasteiger partial charge in [0, 0.05) is 16.8 Å². The van der Waals surface area contributed by atoms with Crippen molar-refractivity contribution in [1.29, 1.82) is 0 Å². The summed E-state index contributed by atoms with van der Waals surface area (Å²) in [5, 5.41) is 14.4. The number of hydrogen-bond acceptors (Lipinski definition) is 5. The van der Waals surface area contributed by atoms with Crippen LogP contribution in [0.3, 0.4) is 0 Å². The average Bonchev–Trinajstić information content (AvgIpc) is 3.17. The minimum absolute atomic E-state index is 0.127. The first-order valence-electron chi connectivity index (χ1n) is 8.76. The Balaban J connectivity index is 1.66. The lowest BCUT2D eigenvalue weighted by Gasteiger charge is -2.21. The van der Waals surface area contributed by atoms with Crippen LogP contribution in [0.5, 0.6) is 0 Å². The maximum Gasteiger partial charge on any atom is 0.321 e. The van der Waals surface area contributed by atoms with Crippen molar-refractivity contribution < 1.29 is 14.2 Å². The van der Waals surface area contributed by atoms with Crippen LogP contribution in [0.2, 0.25) is 0 Å². The van der Waals surface area contributed by atoms with Crippen molar-refractivity contribution in [2.24, 2.45) is 0 Å². The molecule has 1 aromatic heterocycles. The number of imide groups is 1. The first-order chi connectivity index (χ1) is 13.6. The molecular weight excluding hydrogens is 377 g/mol. The summed E-state index contributed by atoms with van der Waals surface area (Å²) < 4.78 is 15.5. The molecule has 28 heavy (non-hydrogen) atoms. The highest BCUT2D eigenvalue weighted by atomic mass is 31.2. The molecule has 0 aliphatic carbocycles. The maximum absolute atomic E-state index is 14.1. The lowest BCUT2D eigenvalue weighted by atomic mass is 10.2. The molecular formula is C19H18N5O3P. The molecule has 8 nitrogen and oxygen atoms in total. The summed E-state index contributed by atoms with van der Waals surface area (Å²) in [4.78, 5) is 23.3. The lowest BCUT2D eigenvalue weighted by Crippen LogP contribution is -2.52. The van der Waals surface area contributed by atoms with Crippen molar-refractivity contribution in [3.8, 4) is 0 Å². The summed E-state index contributed by atoms with van der Waals surface area (Å²) in [5.74, 6) is -0.450. The van der Waals surface area contributed by atoms with Crippen LogP contribution >= 0.6 is 7.14 Å². The van der Waals surface area contributed by atoms with Gasteiger partial charge >= 0.3 is 6.03 Å². The quantitative estimate of drug-likeness (QED) is 0.631. The van der Waals surface area contributed by atoms with E-state index in [0.29, 0.717) is 5.69 Å². The molecule has 0 radical (unpaired) electrons. The van der Waals surface area contributed by atoms with Crippen molar-refractivity contribution in [3.63, 3.8) is 0 Å². The smallest absolute Gasteiger partial charge is 0.321 e. The third-order valence-corrected chi connectivity index (χ3v) is 7.64. The number of hydrogen-bond donors (Lipinski definition) is 2. The topological polar surface area (TPSA) is 106 Å². The molecule has 2 N–H and O–H groups in total. The molecule has 3 aromatic rings. The molecule has 0 saturated carbocycles. The molecule has 0 bridgehead atoms. The number of urea groups is 1. The molecule has 1 atom stereocenters. The molecule has 1 unspecified atom stereocenters. The number of benzene rings is 2. The number of aromatic nitrogens is 3. The standard InChI is InChI=1S/C19H18N5O3P/c25-18-17(11-20-19(26)21-18)24-12-14(22-23-24)13-28(27,15-7-3-1-4-8-15)16-9-5-2-6-10-16/h1-10,12,17H,11,13H2,(H2,20,21,25,26). The normalized spacial score (nSPS) is 17.1. The van der Waals surface area contributed by atoms with Gasteiger partial charge in [0.1, 0.15) is 13.2 Å². The SMILES string of the molecule is O=C1NCC(n2cc(CP(=O)(c3ccccc3)c3ccccc3)nn2)C(=O)N1. The van der Waals surface area contributed by atoms with Crippen molar-refractivity contribution >= 4 is 29.7 Å². The number of nitrogens with one attached hydrogen (secondary N) is 2. The highest BCUT2D eigenvalue weighted by Crippen LogP contribution is 2.46. The van der Waals surface area contributed by atoms with Crippen LogP contribution in [0.15, 0.2) is 66.9 Å². The van der Waals surface area contributed by atoms with E-state index in [0.717, 1.165) is 10.6 Å². The van der Waals surface area contributed by atoms with Gasteiger partial charge in [0.15, 0.2) is 0 Å². The van der Waals surface area contributed by atoms with E-state index in [1.165, 1.54) is 4.68 Å². The third kappa shape index (κ3) is 3.46. The van der Waals surface area contributed by atoms with E-state index in [1.807, 2.05) is 60.7 Å². The zero-order chi connectivity index (χ0) is 19.6. The summed E-state index contributed by atoms with van der Waals surface area (Å²) in [7, 11) is -2.98. The lowest BCUT2D eigenvalue weighted by molar-refractivity contribution is -0.124. The monoisotopic (exact) mass is 395 g/mol. The van der Waals surface area contributed by atoms with Gasteiger partial charge in [-0.2, -0.15) is 0 Å². The number of rotatable bonds is 5. The second-order valence-electron chi connectivity index (χ2n) is 6.47. The first kappa shape index (κ1) is 18.1. The fraction of sp³-hybridized carbons (Fsp3) is 0.158. The van der Waals surface area contributed by atoms with Gasteiger partial charge in [-0.3, -0.25) is 10.1 Å². The van der Waals surface area contributed by atoms with Crippen molar-refractivity contribution in [3.05, 3.63) is 72.6 Å². The Morgan fingerprint density at radius 3 is 2.18 bits per heavy atom. The van der Waals surface area contributed by atoms with Gasteiger partial charge in [-0.15, -0.1) is 5.10 Å². The summed E-state index contributed by atoms with van der Waals surface area (Å²) in [6.45, 7) is 0.127. The van der Waals surface area contributed by atoms with E-state index in [2.05, 4.69) is 20.9 Å². The van der Waals surface area contributed by atoms with Crippen LogP contribution < -0.4 is 21.2 Å². The predicted octanol–water partition coefficient (Wildman–Crippen LogP) is 1.17. The van der Waals surface area contributed by atoms with Crippen LogP contribution in [0.25, 0.3) is 0 Å². The molecule has 1 aliphatic heterocycles. The zero-order valence-corrected chi connectivity index (χ0v) is 15.8. The highest BCUT2D eigenvalue weighted by molar-refractivity contribution is 7.78. The van der Waals surface area contributed by atoms with Crippen LogP contribution in [0.1, 0.15) is 11.7 Å². The Kier molecular flexibility index (Phi) is 4.79. The second-order valence-corrected chi connectivity index (χ2v) is 9.30. The van der Waals surface area contributed by atoms with Crippen LogP contribution in [-0.4, -0.2) is 33.5 Å². The van der Waals surface area contributed by atoms with Gasteiger partial charge in [-0.05, 0) is 0 Å². The second kappa shape index (κ2) is 7.40.